The second-order valence-electron chi connectivity index (χ2n) is 6.74. The van der Waals surface area contributed by atoms with Gasteiger partial charge in [-0.25, -0.2) is 9.97 Å². The molecule has 3 rings (SSSR count). The molecule has 2 N–H and O–H groups in total. The number of carbonyl (C=O) groups excluding carboxylic acids is 1. The van der Waals surface area contributed by atoms with Gasteiger partial charge in [0.2, 0.25) is 0 Å². The minimum Gasteiger partial charge on any atom is -0.372 e. The Labute approximate surface area is 172 Å². The molecule has 0 aliphatic rings. The maximum atomic E-state index is 12.4. The van der Waals surface area contributed by atoms with E-state index in [4.69, 9.17) is 0 Å². The molecule has 0 radical (unpaired) electrons. The van der Waals surface area contributed by atoms with Gasteiger partial charge in [-0.2, -0.15) is 0 Å². The fourth-order valence-electron chi connectivity index (χ4n) is 3.10. The minimum atomic E-state index is -0.246. The first kappa shape index (κ1) is 20.3. The van der Waals surface area contributed by atoms with E-state index in [9.17, 15) is 4.79 Å². The topological polar surface area (TPSA) is 70.2 Å². The van der Waals surface area contributed by atoms with E-state index in [-0.39, 0.29) is 17.6 Å². The molecule has 0 saturated heterocycles. The Balaban J connectivity index is 1.60. The van der Waals surface area contributed by atoms with Crippen LogP contribution in [-0.4, -0.2) is 29.0 Å². The lowest BCUT2D eigenvalue weighted by molar-refractivity contribution is 0.0934. The predicted molar refractivity (Wildman–Crippen MR) is 118 cm³/mol. The Morgan fingerprint density at radius 2 is 1.66 bits per heavy atom. The molecule has 1 aromatic heterocycles. The van der Waals surface area contributed by atoms with Crippen LogP contribution >= 0.6 is 0 Å². The van der Waals surface area contributed by atoms with Gasteiger partial charge in [0.15, 0.2) is 0 Å². The molecule has 3 aromatic rings. The summed E-state index contributed by atoms with van der Waals surface area (Å²) in [5.41, 5.74) is 3.44. The van der Waals surface area contributed by atoms with Crippen LogP contribution in [-0.2, 0) is 0 Å². The number of carbonyl (C=O) groups is 1. The summed E-state index contributed by atoms with van der Waals surface area (Å²) < 4.78 is 0. The first-order chi connectivity index (χ1) is 14.1. The molecule has 0 fully saturated rings. The normalized spacial score (nSPS) is 11.6. The van der Waals surface area contributed by atoms with Crippen LogP contribution in [0, 0.1) is 0 Å². The highest BCUT2D eigenvalue weighted by Gasteiger charge is 2.13. The van der Waals surface area contributed by atoms with Crippen molar-refractivity contribution in [3.8, 4) is 0 Å². The molecule has 0 aliphatic carbocycles. The van der Waals surface area contributed by atoms with Crippen molar-refractivity contribution in [3.63, 3.8) is 0 Å². The summed E-state index contributed by atoms with van der Waals surface area (Å²) in [7, 11) is 0. The van der Waals surface area contributed by atoms with Crippen LogP contribution in [0.5, 0.6) is 0 Å². The Kier molecular flexibility index (Phi) is 6.79. The number of aromatic nitrogens is 2. The lowest BCUT2D eigenvalue weighted by Crippen LogP contribution is -2.27. The summed E-state index contributed by atoms with van der Waals surface area (Å²) in [5.74, 6) is 0.345. The molecule has 1 amide bonds. The lowest BCUT2D eigenvalue weighted by Gasteiger charge is -2.21. The smallest absolute Gasteiger partial charge is 0.271 e. The van der Waals surface area contributed by atoms with Gasteiger partial charge in [-0.3, -0.25) is 4.79 Å². The van der Waals surface area contributed by atoms with Crippen LogP contribution in [0.25, 0.3) is 0 Å². The lowest BCUT2D eigenvalue weighted by atomic mass is 10.1. The van der Waals surface area contributed by atoms with Crippen LogP contribution in [0.3, 0.4) is 0 Å². The zero-order valence-corrected chi connectivity index (χ0v) is 17.1. The third-order valence-electron chi connectivity index (χ3n) is 4.80. The fraction of sp³-hybridized carbons (Fsp3) is 0.261. The first-order valence-corrected chi connectivity index (χ1v) is 9.90. The second-order valence-corrected chi connectivity index (χ2v) is 6.74. The summed E-state index contributed by atoms with van der Waals surface area (Å²) in [5, 5.41) is 6.16. The standard InChI is InChI=1S/C23H27N5O/c1-4-28(5-2)20-13-11-19(12-14-20)27-22-16-24-21(15-25-22)23(29)26-17(3)18-9-7-6-8-10-18/h6-17H,4-5H2,1-3H3,(H,25,27)(H,26,29). The molecular weight excluding hydrogens is 362 g/mol. The minimum absolute atomic E-state index is 0.104. The number of anilines is 3. The molecule has 6 heteroatoms. The van der Waals surface area contributed by atoms with Crippen molar-refractivity contribution in [3.05, 3.63) is 78.2 Å². The van der Waals surface area contributed by atoms with E-state index < -0.39 is 0 Å². The molecule has 2 aromatic carbocycles. The number of hydrogen-bond acceptors (Lipinski definition) is 5. The highest BCUT2D eigenvalue weighted by Crippen LogP contribution is 2.20. The van der Waals surface area contributed by atoms with Crippen molar-refractivity contribution in [2.75, 3.05) is 23.3 Å². The number of hydrogen-bond donors (Lipinski definition) is 2. The SMILES string of the molecule is CCN(CC)c1ccc(Nc2cnc(C(=O)NC(C)c3ccccc3)cn2)cc1. The van der Waals surface area contributed by atoms with E-state index in [1.54, 1.807) is 6.20 Å². The van der Waals surface area contributed by atoms with Crippen LogP contribution in [0.2, 0.25) is 0 Å². The monoisotopic (exact) mass is 389 g/mol. The molecule has 0 aliphatic heterocycles. The third-order valence-corrected chi connectivity index (χ3v) is 4.80. The number of nitrogens with zero attached hydrogens (tertiary/aromatic N) is 3. The van der Waals surface area contributed by atoms with Crippen LogP contribution in [0.4, 0.5) is 17.2 Å². The average molecular weight is 390 g/mol. The van der Waals surface area contributed by atoms with Crippen LogP contribution < -0.4 is 15.5 Å². The highest BCUT2D eigenvalue weighted by atomic mass is 16.1. The van der Waals surface area contributed by atoms with E-state index in [0.29, 0.717) is 5.82 Å². The van der Waals surface area contributed by atoms with Gasteiger partial charge in [0.25, 0.3) is 5.91 Å². The summed E-state index contributed by atoms with van der Waals surface area (Å²) >= 11 is 0. The van der Waals surface area contributed by atoms with Gasteiger partial charge in [0, 0.05) is 24.5 Å². The molecule has 0 bridgehead atoms. The largest absolute Gasteiger partial charge is 0.372 e. The van der Waals surface area contributed by atoms with Crippen molar-refractivity contribution in [1.82, 2.24) is 15.3 Å². The van der Waals surface area contributed by atoms with Crippen molar-refractivity contribution in [2.24, 2.45) is 0 Å². The summed E-state index contributed by atoms with van der Waals surface area (Å²) in [4.78, 5) is 23.3. The van der Waals surface area contributed by atoms with Crippen molar-refractivity contribution in [1.29, 1.82) is 0 Å². The highest BCUT2D eigenvalue weighted by molar-refractivity contribution is 5.92. The Hall–Kier alpha value is -3.41. The maximum Gasteiger partial charge on any atom is 0.271 e. The van der Waals surface area contributed by atoms with Crippen LogP contribution in [0.1, 0.15) is 42.9 Å². The molecule has 1 atom stereocenters. The molecule has 0 saturated carbocycles. The Morgan fingerprint density at radius 3 is 2.24 bits per heavy atom. The zero-order chi connectivity index (χ0) is 20.6. The second kappa shape index (κ2) is 9.68. The summed E-state index contributed by atoms with van der Waals surface area (Å²) in [6, 6.07) is 17.9. The molecule has 150 valence electrons. The van der Waals surface area contributed by atoms with Gasteiger partial charge >= 0.3 is 0 Å². The van der Waals surface area contributed by atoms with Gasteiger partial charge in [-0.15, -0.1) is 0 Å². The van der Waals surface area contributed by atoms with Gasteiger partial charge in [-0.05, 0) is 50.6 Å². The van der Waals surface area contributed by atoms with E-state index in [2.05, 4.69) is 51.5 Å². The summed E-state index contributed by atoms with van der Waals surface area (Å²) in [6.45, 7) is 8.17. The van der Waals surface area contributed by atoms with Crippen LogP contribution in [0.15, 0.2) is 67.0 Å². The van der Waals surface area contributed by atoms with Crippen molar-refractivity contribution >= 4 is 23.1 Å². The van der Waals surface area contributed by atoms with E-state index in [1.807, 2.05) is 49.4 Å². The molecule has 1 heterocycles. The third kappa shape index (κ3) is 5.31. The predicted octanol–water partition coefficient (Wildman–Crippen LogP) is 4.56. The van der Waals surface area contributed by atoms with Gasteiger partial charge in [0.05, 0.1) is 18.4 Å². The van der Waals surface area contributed by atoms with Gasteiger partial charge < -0.3 is 15.5 Å². The molecule has 29 heavy (non-hydrogen) atoms. The average Bonchev–Trinajstić information content (AvgIpc) is 2.77. The number of rotatable bonds is 8. The number of nitrogens with one attached hydrogen (secondary N) is 2. The van der Waals surface area contributed by atoms with Gasteiger partial charge in [-0.1, -0.05) is 30.3 Å². The zero-order valence-electron chi connectivity index (χ0n) is 17.1. The number of benzene rings is 2. The molecule has 1 unspecified atom stereocenters. The fourth-order valence-corrected chi connectivity index (χ4v) is 3.10. The Morgan fingerprint density at radius 1 is 0.966 bits per heavy atom. The van der Waals surface area contributed by atoms with E-state index in [0.717, 1.165) is 24.3 Å². The molecule has 6 nitrogen and oxygen atoms in total. The van der Waals surface area contributed by atoms with Crippen molar-refractivity contribution < 1.29 is 4.79 Å². The van der Waals surface area contributed by atoms with Crippen molar-refractivity contribution in [2.45, 2.75) is 26.8 Å². The van der Waals surface area contributed by atoms with Gasteiger partial charge in [0.1, 0.15) is 11.5 Å². The molecule has 0 spiro atoms. The van der Waals surface area contributed by atoms with E-state index in [1.165, 1.54) is 11.9 Å². The number of amides is 1. The summed E-state index contributed by atoms with van der Waals surface area (Å²) in [6.07, 6.45) is 3.06. The maximum absolute atomic E-state index is 12.4. The quantitative estimate of drug-likeness (QED) is 0.591. The first-order valence-electron chi connectivity index (χ1n) is 9.90. The van der Waals surface area contributed by atoms with E-state index >= 15 is 0 Å². The Bertz CT molecular complexity index is 906. The molecular formula is C23H27N5O.